The molecule has 0 unspecified atom stereocenters. The van der Waals surface area contributed by atoms with Gasteiger partial charge < -0.3 is 14.6 Å². The Hall–Kier alpha value is -2.30. The SMILES string of the molecule is O=C(Nc1ccccc1-c1ncco1)N1CCCCCCC1. The van der Waals surface area contributed by atoms with E-state index in [4.69, 9.17) is 4.42 Å². The molecule has 116 valence electrons. The fraction of sp³-hybridized carbons (Fsp3) is 0.412. The van der Waals surface area contributed by atoms with Gasteiger partial charge in [0.25, 0.3) is 0 Å². The standard InChI is InChI=1S/C17H21N3O2/c21-17(20-11-6-2-1-3-7-12-20)19-15-9-5-4-8-14(15)16-18-10-13-22-16/h4-5,8-10,13H,1-3,6-7,11-12H2,(H,19,21). The van der Waals surface area contributed by atoms with Crippen LogP contribution in [0.4, 0.5) is 10.5 Å². The van der Waals surface area contributed by atoms with Crippen molar-refractivity contribution >= 4 is 11.7 Å². The third-order valence-corrected chi connectivity index (χ3v) is 3.97. The van der Waals surface area contributed by atoms with Gasteiger partial charge in [-0.25, -0.2) is 9.78 Å². The molecular formula is C17H21N3O2. The lowest BCUT2D eigenvalue weighted by atomic mass is 10.1. The van der Waals surface area contributed by atoms with Crippen LogP contribution >= 0.6 is 0 Å². The third-order valence-electron chi connectivity index (χ3n) is 3.97. The van der Waals surface area contributed by atoms with Crippen LogP contribution in [0.2, 0.25) is 0 Å². The molecule has 1 N–H and O–H groups in total. The molecule has 5 heteroatoms. The summed E-state index contributed by atoms with van der Waals surface area (Å²) in [6, 6.07) is 7.54. The molecule has 0 atom stereocenters. The summed E-state index contributed by atoms with van der Waals surface area (Å²) in [6.07, 6.45) is 8.98. The smallest absolute Gasteiger partial charge is 0.321 e. The molecule has 22 heavy (non-hydrogen) atoms. The van der Waals surface area contributed by atoms with E-state index in [0.29, 0.717) is 5.89 Å². The average Bonchev–Trinajstić information content (AvgIpc) is 3.01. The predicted octanol–water partition coefficient (Wildman–Crippen LogP) is 4.14. The number of amides is 2. The normalized spacial score (nSPS) is 15.9. The Morgan fingerprint density at radius 2 is 1.82 bits per heavy atom. The molecule has 1 aromatic heterocycles. The summed E-state index contributed by atoms with van der Waals surface area (Å²) in [7, 11) is 0. The summed E-state index contributed by atoms with van der Waals surface area (Å²) in [5.74, 6) is 0.517. The molecule has 0 spiro atoms. The van der Waals surface area contributed by atoms with Crippen LogP contribution in [0.15, 0.2) is 41.1 Å². The minimum Gasteiger partial charge on any atom is -0.444 e. The minimum atomic E-state index is -0.0408. The monoisotopic (exact) mass is 299 g/mol. The van der Waals surface area contributed by atoms with Crippen molar-refractivity contribution in [3.8, 4) is 11.5 Å². The minimum absolute atomic E-state index is 0.0408. The molecule has 1 fully saturated rings. The number of hydrogen-bond acceptors (Lipinski definition) is 3. The molecule has 0 radical (unpaired) electrons. The number of rotatable bonds is 2. The number of carbonyl (C=O) groups is 1. The Bertz CT molecular complexity index is 602. The molecule has 2 heterocycles. The number of likely N-dealkylation sites (tertiary alicyclic amines) is 1. The molecule has 0 bridgehead atoms. The van der Waals surface area contributed by atoms with Gasteiger partial charge in [-0.05, 0) is 25.0 Å². The Morgan fingerprint density at radius 1 is 1.09 bits per heavy atom. The number of benzene rings is 1. The van der Waals surface area contributed by atoms with Crippen LogP contribution in [0.1, 0.15) is 32.1 Å². The molecule has 3 rings (SSSR count). The molecule has 0 saturated carbocycles. The number of anilines is 1. The zero-order chi connectivity index (χ0) is 15.2. The van der Waals surface area contributed by atoms with E-state index in [2.05, 4.69) is 10.3 Å². The fourth-order valence-corrected chi connectivity index (χ4v) is 2.78. The highest BCUT2D eigenvalue weighted by Crippen LogP contribution is 2.26. The molecule has 1 aromatic carbocycles. The number of hydrogen-bond donors (Lipinski definition) is 1. The van der Waals surface area contributed by atoms with Crippen LogP contribution in [-0.2, 0) is 0 Å². The van der Waals surface area contributed by atoms with E-state index in [0.717, 1.165) is 37.2 Å². The van der Waals surface area contributed by atoms with Crippen molar-refractivity contribution < 1.29 is 9.21 Å². The van der Waals surface area contributed by atoms with E-state index < -0.39 is 0 Å². The van der Waals surface area contributed by atoms with Crippen LogP contribution in [0.3, 0.4) is 0 Å². The first kappa shape index (κ1) is 14.6. The number of nitrogens with one attached hydrogen (secondary N) is 1. The average molecular weight is 299 g/mol. The van der Waals surface area contributed by atoms with Gasteiger partial charge in [0, 0.05) is 13.1 Å². The first-order valence-electron chi connectivity index (χ1n) is 7.89. The van der Waals surface area contributed by atoms with Crippen molar-refractivity contribution in [2.45, 2.75) is 32.1 Å². The predicted molar refractivity (Wildman–Crippen MR) is 85.6 cm³/mol. The van der Waals surface area contributed by atoms with Crippen molar-refractivity contribution in [1.82, 2.24) is 9.88 Å². The third kappa shape index (κ3) is 3.47. The molecule has 2 amide bonds. The maximum absolute atomic E-state index is 12.5. The van der Waals surface area contributed by atoms with Crippen molar-refractivity contribution in [3.63, 3.8) is 0 Å². The van der Waals surface area contributed by atoms with Gasteiger partial charge in [0.05, 0.1) is 17.4 Å². The first-order chi connectivity index (χ1) is 10.8. The van der Waals surface area contributed by atoms with E-state index in [1.165, 1.54) is 25.5 Å². The molecule has 0 aliphatic carbocycles. The number of para-hydroxylation sites is 1. The number of urea groups is 1. The molecule has 1 saturated heterocycles. The number of nitrogens with zero attached hydrogens (tertiary/aromatic N) is 2. The summed E-state index contributed by atoms with van der Waals surface area (Å²) in [5, 5.41) is 3.00. The largest absolute Gasteiger partial charge is 0.444 e. The van der Waals surface area contributed by atoms with Crippen LogP contribution < -0.4 is 5.32 Å². The summed E-state index contributed by atoms with van der Waals surface area (Å²) in [4.78, 5) is 18.6. The van der Waals surface area contributed by atoms with E-state index in [-0.39, 0.29) is 6.03 Å². The Labute approximate surface area is 130 Å². The quantitative estimate of drug-likeness (QED) is 0.906. The summed E-state index contributed by atoms with van der Waals surface area (Å²) >= 11 is 0. The van der Waals surface area contributed by atoms with Gasteiger partial charge in [0.15, 0.2) is 0 Å². The molecule has 1 aliphatic rings. The second-order valence-corrected chi connectivity index (χ2v) is 5.57. The Balaban J connectivity index is 1.73. The van der Waals surface area contributed by atoms with Crippen LogP contribution in [-0.4, -0.2) is 29.0 Å². The van der Waals surface area contributed by atoms with Gasteiger partial charge in [0.1, 0.15) is 6.26 Å². The van der Waals surface area contributed by atoms with Crippen molar-refractivity contribution in [2.24, 2.45) is 0 Å². The van der Waals surface area contributed by atoms with Crippen LogP contribution in [0, 0.1) is 0 Å². The van der Waals surface area contributed by atoms with E-state index in [1.54, 1.807) is 6.20 Å². The lowest BCUT2D eigenvalue weighted by molar-refractivity contribution is 0.206. The fourth-order valence-electron chi connectivity index (χ4n) is 2.78. The second kappa shape index (κ2) is 7.11. The van der Waals surface area contributed by atoms with E-state index in [9.17, 15) is 4.79 Å². The number of aromatic nitrogens is 1. The van der Waals surface area contributed by atoms with Crippen LogP contribution in [0.25, 0.3) is 11.5 Å². The van der Waals surface area contributed by atoms with Gasteiger partial charge in [-0.3, -0.25) is 0 Å². The van der Waals surface area contributed by atoms with E-state index in [1.807, 2.05) is 29.2 Å². The summed E-state index contributed by atoms with van der Waals surface area (Å²) in [5.41, 5.74) is 1.53. The highest BCUT2D eigenvalue weighted by atomic mass is 16.3. The second-order valence-electron chi connectivity index (χ2n) is 5.57. The highest BCUT2D eigenvalue weighted by Gasteiger charge is 2.17. The molecule has 1 aliphatic heterocycles. The molecule has 2 aromatic rings. The molecular weight excluding hydrogens is 278 g/mol. The Kier molecular flexibility index (Phi) is 4.73. The lowest BCUT2D eigenvalue weighted by Crippen LogP contribution is -2.37. The molecule has 5 nitrogen and oxygen atoms in total. The zero-order valence-electron chi connectivity index (χ0n) is 12.6. The topological polar surface area (TPSA) is 58.4 Å². The Morgan fingerprint density at radius 3 is 2.55 bits per heavy atom. The van der Waals surface area contributed by atoms with Gasteiger partial charge >= 0.3 is 6.03 Å². The van der Waals surface area contributed by atoms with Crippen molar-refractivity contribution in [2.75, 3.05) is 18.4 Å². The number of carbonyl (C=O) groups excluding carboxylic acids is 1. The summed E-state index contributed by atoms with van der Waals surface area (Å²) in [6.45, 7) is 1.65. The van der Waals surface area contributed by atoms with Crippen LogP contribution in [0.5, 0.6) is 0 Å². The highest BCUT2D eigenvalue weighted by molar-refractivity contribution is 5.93. The first-order valence-corrected chi connectivity index (χ1v) is 7.89. The zero-order valence-corrected chi connectivity index (χ0v) is 12.6. The maximum Gasteiger partial charge on any atom is 0.321 e. The van der Waals surface area contributed by atoms with Crippen molar-refractivity contribution in [1.29, 1.82) is 0 Å². The van der Waals surface area contributed by atoms with E-state index >= 15 is 0 Å². The van der Waals surface area contributed by atoms with Gasteiger partial charge in [-0.15, -0.1) is 0 Å². The number of oxazole rings is 1. The maximum atomic E-state index is 12.5. The van der Waals surface area contributed by atoms with Crippen molar-refractivity contribution in [3.05, 3.63) is 36.7 Å². The van der Waals surface area contributed by atoms with Gasteiger partial charge in [-0.2, -0.15) is 0 Å². The van der Waals surface area contributed by atoms with Gasteiger partial charge in [-0.1, -0.05) is 31.4 Å². The van der Waals surface area contributed by atoms with Gasteiger partial charge in [0.2, 0.25) is 5.89 Å². The lowest BCUT2D eigenvalue weighted by Gasteiger charge is -2.25. The summed E-state index contributed by atoms with van der Waals surface area (Å²) < 4.78 is 5.35.